The summed E-state index contributed by atoms with van der Waals surface area (Å²) < 4.78 is 67.9. The number of phosphoric ester groups is 2. The van der Waals surface area contributed by atoms with Crippen molar-refractivity contribution in [2.75, 3.05) is 39.6 Å². The van der Waals surface area contributed by atoms with Crippen LogP contribution in [0.4, 0.5) is 0 Å². The number of esters is 4. The summed E-state index contributed by atoms with van der Waals surface area (Å²) in [6.45, 7) is 13.9. The third kappa shape index (κ3) is 57.2. The third-order valence-corrected chi connectivity index (χ3v) is 16.2. The molecule has 0 aromatic carbocycles. The number of hydrogen-bond acceptors (Lipinski definition) is 15. The van der Waals surface area contributed by atoms with Crippen LogP contribution in [0.5, 0.6) is 0 Å². The monoisotopic (exact) mass is 1210 g/mol. The zero-order valence-electron chi connectivity index (χ0n) is 53.1. The third-order valence-electron chi connectivity index (χ3n) is 14.3. The molecule has 0 saturated heterocycles. The summed E-state index contributed by atoms with van der Waals surface area (Å²) in [6.07, 6.45) is 32.4. The van der Waals surface area contributed by atoms with E-state index in [2.05, 4.69) is 55.4 Å². The van der Waals surface area contributed by atoms with Gasteiger partial charge < -0.3 is 33.8 Å². The van der Waals surface area contributed by atoms with Gasteiger partial charge in [-0.25, -0.2) is 9.13 Å². The second-order valence-corrected chi connectivity index (χ2v) is 27.6. The van der Waals surface area contributed by atoms with E-state index in [9.17, 15) is 43.2 Å². The molecule has 3 unspecified atom stereocenters. The minimum atomic E-state index is -4.94. The molecule has 0 rings (SSSR count). The maximum Gasteiger partial charge on any atom is 0.472 e. The molecule has 486 valence electrons. The summed E-state index contributed by atoms with van der Waals surface area (Å²) in [7, 11) is -9.89. The fraction of sp³-hybridized carbons (Fsp3) is 0.937. The van der Waals surface area contributed by atoms with Crippen LogP contribution >= 0.6 is 15.6 Å². The van der Waals surface area contributed by atoms with Gasteiger partial charge in [0.05, 0.1) is 26.4 Å². The van der Waals surface area contributed by atoms with Gasteiger partial charge in [0.25, 0.3) is 0 Å². The highest BCUT2D eigenvalue weighted by atomic mass is 31.2. The van der Waals surface area contributed by atoms with Crippen molar-refractivity contribution in [1.82, 2.24) is 0 Å². The van der Waals surface area contributed by atoms with Crippen LogP contribution in [0, 0.1) is 23.7 Å². The Morgan fingerprint density at radius 1 is 0.305 bits per heavy atom. The molecule has 19 heteroatoms. The minimum absolute atomic E-state index is 0.101. The number of unbranched alkanes of at least 4 members (excludes halogenated alkanes) is 26. The number of carbonyl (C=O) groups is 4. The molecule has 0 saturated carbocycles. The van der Waals surface area contributed by atoms with E-state index in [1.165, 1.54) is 103 Å². The molecule has 5 atom stereocenters. The first-order valence-corrected chi connectivity index (χ1v) is 35.7. The van der Waals surface area contributed by atoms with Gasteiger partial charge in [-0.1, -0.05) is 248 Å². The summed E-state index contributed by atoms with van der Waals surface area (Å²) in [5, 5.41) is 10.5. The van der Waals surface area contributed by atoms with Crippen molar-refractivity contribution >= 4 is 39.5 Å². The summed E-state index contributed by atoms with van der Waals surface area (Å²) in [5.41, 5.74) is 0. The van der Waals surface area contributed by atoms with Crippen molar-refractivity contribution in [3.63, 3.8) is 0 Å². The van der Waals surface area contributed by atoms with Crippen LogP contribution in [0.25, 0.3) is 0 Å². The molecular weight excluding hydrogens is 1090 g/mol. The normalized spacial score (nSPS) is 14.5. The summed E-state index contributed by atoms with van der Waals surface area (Å²) in [4.78, 5) is 72.1. The summed E-state index contributed by atoms with van der Waals surface area (Å²) in [5.74, 6) is 0.689. The van der Waals surface area contributed by atoms with Gasteiger partial charge >= 0.3 is 39.5 Å². The van der Waals surface area contributed by atoms with E-state index in [0.717, 1.165) is 102 Å². The smallest absolute Gasteiger partial charge is 0.462 e. The van der Waals surface area contributed by atoms with Crippen LogP contribution in [0.2, 0.25) is 0 Å². The maximum atomic E-state index is 12.9. The Morgan fingerprint density at radius 2 is 0.512 bits per heavy atom. The Hall–Kier alpha value is -1.94. The fourth-order valence-corrected chi connectivity index (χ4v) is 10.8. The highest BCUT2D eigenvalue weighted by molar-refractivity contribution is 7.47. The molecule has 0 aliphatic carbocycles. The van der Waals surface area contributed by atoms with E-state index >= 15 is 0 Å². The van der Waals surface area contributed by atoms with Crippen molar-refractivity contribution in [2.24, 2.45) is 23.7 Å². The van der Waals surface area contributed by atoms with Crippen molar-refractivity contribution in [3.8, 4) is 0 Å². The Bertz CT molecular complexity index is 1640. The lowest BCUT2D eigenvalue weighted by molar-refractivity contribution is -0.161. The molecule has 17 nitrogen and oxygen atoms in total. The van der Waals surface area contributed by atoms with Crippen LogP contribution in [-0.2, 0) is 65.4 Å². The van der Waals surface area contributed by atoms with Crippen LogP contribution in [0.3, 0.4) is 0 Å². The lowest BCUT2D eigenvalue weighted by atomic mass is 10.0. The molecule has 0 fully saturated rings. The van der Waals surface area contributed by atoms with Gasteiger partial charge in [-0.15, -0.1) is 0 Å². The lowest BCUT2D eigenvalue weighted by Crippen LogP contribution is -2.30. The average molecular weight is 1210 g/mol. The molecule has 0 spiro atoms. The van der Waals surface area contributed by atoms with E-state index in [1.54, 1.807) is 0 Å². The van der Waals surface area contributed by atoms with Gasteiger partial charge in [-0.3, -0.25) is 37.3 Å². The predicted octanol–water partition coefficient (Wildman–Crippen LogP) is 17.0. The molecule has 0 aliphatic heterocycles. The van der Waals surface area contributed by atoms with E-state index in [0.29, 0.717) is 37.5 Å². The Balaban J connectivity index is 5.23. The number of hydrogen-bond donors (Lipinski definition) is 3. The molecule has 82 heavy (non-hydrogen) atoms. The molecule has 0 radical (unpaired) electrons. The average Bonchev–Trinajstić information content (AvgIpc) is 3.43. The largest absolute Gasteiger partial charge is 0.472 e. The van der Waals surface area contributed by atoms with Gasteiger partial charge in [-0.2, -0.15) is 0 Å². The second kappa shape index (κ2) is 53.3. The van der Waals surface area contributed by atoms with Crippen molar-refractivity contribution in [2.45, 2.75) is 318 Å². The van der Waals surface area contributed by atoms with Crippen LogP contribution < -0.4 is 0 Å². The highest BCUT2D eigenvalue weighted by Gasteiger charge is 2.30. The number of aliphatic hydroxyl groups is 1. The topological polar surface area (TPSA) is 237 Å². The molecule has 3 N–H and O–H groups in total. The van der Waals surface area contributed by atoms with Crippen molar-refractivity contribution in [1.29, 1.82) is 0 Å². The standard InChI is InChI=1S/C63H122O17P2/c1-53(2)39-31-23-15-10-9-11-18-27-35-43-60(65)73-50-59(80-63(68)46-38-30-22-21-26-34-42-56(7)8)52-78-82(71,72)76-48-57(64)47-75-81(69,70)77-51-58(79-62(67)45-37-29-20-14-17-25-33-41-55(5)6)49-74-61(66)44-36-28-19-13-12-16-24-32-40-54(3)4/h53-59,64H,9-52H2,1-8H3,(H,69,70)(H,71,72)/t57?,58-,59-/m1/s1. The van der Waals surface area contributed by atoms with Crippen LogP contribution in [-0.4, -0.2) is 96.7 Å². The number of ether oxygens (including phenoxy) is 4. The highest BCUT2D eigenvalue weighted by Crippen LogP contribution is 2.45. The van der Waals surface area contributed by atoms with Gasteiger partial charge in [0.15, 0.2) is 12.2 Å². The second-order valence-electron chi connectivity index (χ2n) is 24.7. The zero-order valence-corrected chi connectivity index (χ0v) is 54.9. The Kier molecular flexibility index (Phi) is 52.0. The lowest BCUT2D eigenvalue weighted by Gasteiger charge is -2.21. The first kappa shape index (κ1) is 80.1. The summed E-state index contributed by atoms with van der Waals surface area (Å²) >= 11 is 0. The van der Waals surface area contributed by atoms with Crippen molar-refractivity contribution in [3.05, 3.63) is 0 Å². The molecule has 0 aliphatic rings. The zero-order chi connectivity index (χ0) is 61.1. The van der Waals surface area contributed by atoms with E-state index in [4.69, 9.17) is 37.0 Å². The first-order valence-electron chi connectivity index (χ1n) is 32.7. The maximum absolute atomic E-state index is 12.9. The van der Waals surface area contributed by atoms with Gasteiger partial charge in [0, 0.05) is 25.7 Å². The van der Waals surface area contributed by atoms with E-state index < -0.39 is 97.5 Å². The number of phosphoric acid groups is 2. The number of rotatable bonds is 60. The van der Waals surface area contributed by atoms with Gasteiger partial charge in [-0.05, 0) is 49.4 Å². The quantitative estimate of drug-likeness (QED) is 0.0222. The molecule has 0 heterocycles. The predicted molar refractivity (Wildman–Crippen MR) is 326 cm³/mol. The minimum Gasteiger partial charge on any atom is -0.462 e. The SMILES string of the molecule is CC(C)CCCCCCCCCCCC(=O)OC[C@H](COP(=O)(O)OCC(O)COP(=O)(O)OC[C@@H](COC(=O)CCCCCCCCCCC(C)C)OC(=O)CCCCCCCCCC(C)C)OC(=O)CCCCCCCCC(C)C. The Morgan fingerprint density at radius 3 is 0.756 bits per heavy atom. The summed E-state index contributed by atoms with van der Waals surface area (Å²) in [6, 6.07) is 0. The van der Waals surface area contributed by atoms with Gasteiger partial charge in [0.1, 0.15) is 19.3 Å². The fourth-order valence-electron chi connectivity index (χ4n) is 9.25. The molecular formula is C63H122O17P2. The Labute approximate surface area is 498 Å². The molecule has 0 amide bonds. The molecule has 0 aromatic rings. The number of aliphatic hydroxyl groups excluding tert-OH is 1. The van der Waals surface area contributed by atoms with E-state index in [1.807, 2.05) is 0 Å². The van der Waals surface area contributed by atoms with Crippen LogP contribution in [0.1, 0.15) is 299 Å². The molecule has 0 bridgehead atoms. The van der Waals surface area contributed by atoms with Crippen LogP contribution in [0.15, 0.2) is 0 Å². The van der Waals surface area contributed by atoms with E-state index in [-0.39, 0.29) is 25.7 Å². The first-order chi connectivity index (χ1) is 39.1. The van der Waals surface area contributed by atoms with Crippen molar-refractivity contribution < 1.29 is 80.2 Å². The van der Waals surface area contributed by atoms with Gasteiger partial charge in [0.2, 0.25) is 0 Å². The molecule has 0 aromatic heterocycles. The number of carbonyl (C=O) groups excluding carboxylic acids is 4.